The number of rotatable bonds is 1. The van der Waals surface area contributed by atoms with Gasteiger partial charge in [0.05, 0.1) is 0 Å². The lowest BCUT2D eigenvalue weighted by Crippen LogP contribution is -1.95. The minimum Gasteiger partial charge on any atom is -0.246 e. The van der Waals surface area contributed by atoms with Crippen molar-refractivity contribution in [2.45, 2.75) is 13.8 Å². The summed E-state index contributed by atoms with van der Waals surface area (Å²) in [5.74, 6) is 0. The quantitative estimate of drug-likeness (QED) is 0.726. The van der Waals surface area contributed by atoms with Crippen molar-refractivity contribution >= 4 is 0 Å². The molecule has 16 heavy (non-hydrogen) atoms. The maximum Gasteiger partial charge on any atom is 0.190 e. The fourth-order valence-electron chi connectivity index (χ4n) is 1.64. The molecule has 0 saturated heterocycles. The van der Waals surface area contributed by atoms with Gasteiger partial charge >= 0.3 is 0 Å². The molecule has 2 rings (SSSR count). The molecule has 0 unspecified atom stereocenters. The van der Waals surface area contributed by atoms with Crippen LogP contribution in [0.4, 0.5) is 0 Å². The molecule has 1 aromatic heterocycles. The first kappa shape index (κ1) is 10.4. The van der Waals surface area contributed by atoms with Crippen LogP contribution in [0.5, 0.6) is 0 Å². The van der Waals surface area contributed by atoms with Gasteiger partial charge in [0.1, 0.15) is 11.8 Å². The lowest BCUT2D eigenvalue weighted by molar-refractivity contribution is 0.720. The van der Waals surface area contributed by atoms with Crippen LogP contribution in [-0.4, -0.2) is 15.0 Å². The Labute approximate surface area is 94.1 Å². The van der Waals surface area contributed by atoms with Gasteiger partial charge in [-0.2, -0.15) is 5.26 Å². The van der Waals surface area contributed by atoms with Crippen LogP contribution in [0.25, 0.3) is 11.3 Å². The highest BCUT2D eigenvalue weighted by Gasteiger charge is 2.12. The average Bonchev–Trinajstić information content (AvgIpc) is 2.64. The van der Waals surface area contributed by atoms with Gasteiger partial charge in [0.25, 0.3) is 0 Å². The van der Waals surface area contributed by atoms with Crippen molar-refractivity contribution in [1.82, 2.24) is 15.0 Å². The monoisotopic (exact) mass is 212 g/mol. The van der Waals surface area contributed by atoms with Crippen molar-refractivity contribution in [1.29, 1.82) is 5.26 Å². The summed E-state index contributed by atoms with van der Waals surface area (Å²) in [6.07, 6.45) is 0. The molecule has 0 spiro atoms. The van der Waals surface area contributed by atoms with Crippen LogP contribution in [0.3, 0.4) is 0 Å². The Hall–Kier alpha value is -2.15. The number of aryl methyl sites for hydroxylation is 3. The second-order valence-electron chi connectivity index (χ2n) is 3.82. The number of hydrogen-bond donors (Lipinski definition) is 0. The highest BCUT2D eigenvalue weighted by molar-refractivity contribution is 5.65. The highest BCUT2D eigenvalue weighted by Crippen LogP contribution is 2.23. The molecule has 0 aliphatic carbocycles. The number of aromatic nitrogens is 3. The zero-order valence-corrected chi connectivity index (χ0v) is 9.52. The van der Waals surface area contributed by atoms with E-state index in [9.17, 15) is 0 Å². The third-order valence-corrected chi connectivity index (χ3v) is 2.71. The van der Waals surface area contributed by atoms with E-state index in [0.717, 1.165) is 11.3 Å². The van der Waals surface area contributed by atoms with Gasteiger partial charge in [-0.1, -0.05) is 17.3 Å². The first-order valence-corrected chi connectivity index (χ1v) is 5.01. The number of nitrogens with zero attached hydrogens (tertiary/aromatic N) is 4. The van der Waals surface area contributed by atoms with Gasteiger partial charge in [-0.3, -0.25) is 0 Å². The van der Waals surface area contributed by atoms with E-state index in [1.807, 2.05) is 12.1 Å². The summed E-state index contributed by atoms with van der Waals surface area (Å²) in [7, 11) is 1.79. The summed E-state index contributed by atoms with van der Waals surface area (Å²) in [4.78, 5) is 0. The molecule has 0 aliphatic rings. The lowest BCUT2D eigenvalue weighted by Gasteiger charge is -2.05. The summed E-state index contributed by atoms with van der Waals surface area (Å²) < 4.78 is 1.63. The SMILES string of the molecule is Cc1ccc(-c2c(C#N)nnn2C)cc1C. The molecule has 4 heteroatoms. The summed E-state index contributed by atoms with van der Waals surface area (Å²) in [5, 5.41) is 16.6. The van der Waals surface area contributed by atoms with Crippen LogP contribution in [0.15, 0.2) is 18.2 Å². The molecule has 1 aromatic carbocycles. The van der Waals surface area contributed by atoms with Crippen molar-refractivity contribution in [3.05, 3.63) is 35.0 Å². The molecule has 0 radical (unpaired) electrons. The van der Waals surface area contributed by atoms with E-state index in [4.69, 9.17) is 5.26 Å². The van der Waals surface area contributed by atoms with E-state index >= 15 is 0 Å². The van der Waals surface area contributed by atoms with E-state index in [-0.39, 0.29) is 0 Å². The van der Waals surface area contributed by atoms with Gasteiger partial charge in [0, 0.05) is 12.6 Å². The van der Waals surface area contributed by atoms with Gasteiger partial charge in [-0.25, -0.2) is 4.68 Å². The topological polar surface area (TPSA) is 54.5 Å². The molecule has 2 aromatic rings. The number of benzene rings is 1. The van der Waals surface area contributed by atoms with Gasteiger partial charge in [-0.05, 0) is 31.0 Å². The van der Waals surface area contributed by atoms with Gasteiger partial charge < -0.3 is 0 Å². The third-order valence-electron chi connectivity index (χ3n) is 2.71. The Morgan fingerprint density at radius 2 is 2.00 bits per heavy atom. The van der Waals surface area contributed by atoms with Crippen molar-refractivity contribution < 1.29 is 0 Å². The predicted molar refractivity (Wildman–Crippen MR) is 60.6 cm³/mol. The molecule has 0 fully saturated rings. The average molecular weight is 212 g/mol. The van der Waals surface area contributed by atoms with Crippen molar-refractivity contribution in [2.24, 2.45) is 7.05 Å². The Kier molecular flexibility index (Phi) is 2.45. The highest BCUT2D eigenvalue weighted by atomic mass is 15.4. The molecule has 80 valence electrons. The van der Waals surface area contributed by atoms with Crippen LogP contribution in [-0.2, 0) is 7.05 Å². The third kappa shape index (κ3) is 1.57. The maximum atomic E-state index is 8.95. The molecule has 0 saturated carbocycles. The number of nitriles is 1. The van der Waals surface area contributed by atoms with E-state index in [1.165, 1.54) is 11.1 Å². The predicted octanol–water partition coefficient (Wildman–Crippen LogP) is 1.97. The molecule has 0 atom stereocenters. The van der Waals surface area contributed by atoms with Crippen molar-refractivity contribution in [3.63, 3.8) is 0 Å². The van der Waals surface area contributed by atoms with Gasteiger partial charge in [0.2, 0.25) is 0 Å². The molecule has 0 N–H and O–H groups in total. The van der Waals surface area contributed by atoms with Crippen LogP contribution < -0.4 is 0 Å². The Morgan fingerprint density at radius 1 is 1.25 bits per heavy atom. The first-order chi connectivity index (χ1) is 7.63. The van der Waals surface area contributed by atoms with E-state index < -0.39 is 0 Å². The zero-order chi connectivity index (χ0) is 11.7. The largest absolute Gasteiger partial charge is 0.246 e. The van der Waals surface area contributed by atoms with E-state index in [1.54, 1.807) is 11.7 Å². The lowest BCUT2D eigenvalue weighted by atomic mass is 10.0. The van der Waals surface area contributed by atoms with Crippen molar-refractivity contribution in [3.8, 4) is 17.3 Å². The van der Waals surface area contributed by atoms with Crippen LogP contribution in [0.2, 0.25) is 0 Å². The van der Waals surface area contributed by atoms with Gasteiger partial charge in [0.15, 0.2) is 5.69 Å². The van der Waals surface area contributed by atoms with Crippen molar-refractivity contribution in [2.75, 3.05) is 0 Å². The molecule has 1 heterocycles. The smallest absolute Gasteiger partial charge is 0.190 e. The fraction of sp³-hybridized carbons (Fsp3) is 0.250. The van der Waals surface area contributed by atoms with Crippen LogP contribution in [0, 0.1) is 25.2 Å². The Balaban J connectivity index is 2.63. The molecule has 0 aliphatic heterocycles. The zero-order valence-electron chi connectivity index (χ0n) is 9.52. The second kappa shape index (κ2) is 3.78. The van der Waals surface area contributed by atoms with Crippen LogP contribution >= 0.6 is 0 Å². The minimum atomic E-state index is 0.366. The maximum absolute atomic E-state index is 8.95. The molecule has 0 bridgehead atoms. The van der Waals surface area contributed by atoms with E-state index in [0.29, 0.717) is 5.69 Å². The molecular formula is C12H12N4. The standard InChI is InChI=1S/C12H12N4/c1-8-4-5-10(6-9(8)2)12-11(7-13)14-15-16(12)3/h4-6H,1-3H3. The molecule has 0 amide bonds. The minimum absolute atomic E-state index is 0.366. The summed E-state index contributed by atoms with van der Waals surface area (Å²) in [5.41, 5.74) is 4.54. The normalized spacial score (nSPS) is 10.1. The summed E-state index contributed by atoms with van der Waals surface area (Å²) in [6, 6.07) is 8.13. The number of hydrogen-bond acceptors (Lipinski definition) is 3. The Bertz CT molecular complexity index is 575. The molecule has 4 nitrogen and oxygen atoms in total. The Morgan fingerprint density at radius 3 is 2.62 bits per heavy atom. The summed E-state index contributed by atoms with van der Waals surface area (Å²) in [6.45, 7) is 4.11. The molecular weight excluding hydrogens is 200 g/mol. The van der Waals surface area contributed by atoms with Crippen LogP contribution in [0.1, 0.15) is 16.8 Å². The summed E-state index contributed by atoms with van der Waals surface area (Å²) >= 11 is 0. The van der Waals surface area contributed by atoms with Gasteiger partial charge in [-0.15, -0.1) is 5.10 Å². The van der Waals surface area contributed by atoms with E-state index in [2.05, 4.69) is 36.3 Å². The first-order valence-electron chi connectivity index (χ1n) is 5.01. The second-order valence-corrected chi connectivity index (χ2v) is 3.82. The fourth-order valence-corrected chi connectivity index (χ4v) is 1.64.